The van der Waals surface area contributed by atoms with Gasteiger partial charge in [-0.15, -0.1) is 0 Å². The summed E-state index contributed by atoms with van der Waals surface area (Å²) in [4.78, 5) is 31.2. The largest absolute Gasteiger partial charge is 0.389 e. The van der Waals surface area contributed by atoms with Gasteiger partial charge in [-0.2, -0.15) is 18.4 Å². The van der Waals surface area contributed by atoms with E-state index in [2.05, 4.69) is 24.1 Å². The Bertz CT molecular complexity index is 889. The summed E-state index contributed by atoms with van der Waals surface area (Å²) in [5, 5.41) is 11.7. The predicted molar refractivity (Wildman–Crippen MR) is 99.2 cm³/mol. The number of amides is 1. The monoisotopic (exact) mass is 411 g/mol. The highest BCUT2D eigenvalue weighted by molar-refractivity contribution is 5.77. The van der Waals surface area contributed by atoms with Crippen LogP contribution in [0.15, 0.2) is 10.9 Å². The molecule has 0 atom stereocenters. The maximum absolute atomic E-state index is 12.6. The Balaban J connectivity index is 1.80. The maximum Gasteiger partial charge on any atom is 0.389 e. The van der Waals surface area contributed by atoms with Crippen LogP contribution in [0, 0.1) is 16.7 Å². The number of nitrogens with zero attached hydrogens (tertiary/aromatic N) is 4. The van der Waals surface area contributed by atoms with E-state index in [0.717, 1.165) is 4.57 Å². The van der Waals surface area contributed by atoms with E-state index in [0.29, 0.717) is 31.7 Å². The fourth-order valence-electron chi connectivity index (χ4n) is 3.50. The van der Waals surface area contributed by atoms with Gasteiger partial charge in [-0.05, 0) is 24.7 Å². The summed E-state index contributed by atoms with van der Waals surface area (Å²) in [5.41, 5.74) is -1.28. The quantitative estimate of drug-likeness (QED) is 0.742. The van der Waals surface area contributed by atoms with Crippen molar-refractivity contribution in [3.63, 3.8) is 0 Å². The van der Waals surface area contributed by atoms with Crippen LogP contribution in [0.1, 0.15) is 45.4 Å². The van der Waals surface area contributed by atoms with Gasteiger partial charge >= 0.3 is 6.18 Å². The van der Waals surface area contributed by atoms with Crippen molar-refractivity contribution < 1.29 is 18.0 Å². The lowest BCUT2D eigenvalue weighted by atomic mass is 9.84. The molecule has 0 unspecified atom stereocenters. The van der Waals surface area contributed by atoms with Gasteiger partial charge in [0.1, 0.15) is 23.7 Å². The van der Waals surface area contributed by atoms with E-state index < -0.39 is 29.6 Å². The van der Waals surface area contributed by atoms with Crippen molar-refractivity contribution in [3.8, 4) is 6.07 Å². The molecular weight excluding hydrogens is 387 g/mol. The lowest BCUT2D eigenvalue weighted by molar-refractivity contribution is -0.135. The maximum atomic E-state index is 12.6. The van der Waals surface area contributed by atoms with Gasteiger partial charge in [0.25, 0.3) is 5.56 Å². The van der Waals surface area contributed by atoms with Crippen molar-refractivity contribution in [1.82, 2.24) is 14.9 Å². The van der Waals surface area contributed by atoms with Gasteiger partial charge in [-0.3, -0.25) is 14.2 Å². The molecule has 0 radical (unpaired) electrons. The van der Waals surface area contributed by atoms with Crippen LogP contribution in [-0.2, 0) is 17.8 Å². The van der Waals surface area contributed by atoms with Gasteiger partial charge in [0.2, 0.25) is 5.91 Å². The number of halogens is 3. The number of carbonyl (C=O) groups is 1. The average Bonchev–Trinajstić information content (AvgIpc) is 3.34. The van der Waals surface area contributed by atoms with E-state index in [1.807, 2.05) is 11.0 Å². The molecule has 2 heterocycles. The summed E-state index contributed by atoms with van der Waals surface area (Å²) in [6.07, 6.45) is -4.50. The molecule has 1 saturated carbocycles. The minimum atomic E-state index is -4.30. The van der Waals surface area contributed by atoms with Gasteiger partial charge in [-0.1, -0.05) is 13.8 Å². The highest BCUT2D eigenvalue weighted by Crippen LogP contribution is 2.34. The van der Waals surface area contributed by atoms with Gasteiger partial charge < -0.3 is 10.2 Å². The number of nitriles is 1. The molecule has 2 aliphatic rings. The molecule has 0 bridgehead atoms. The summed E-state index contributed by atoms with van der Waals surface area (Å²) in [7, 11) is 0. The first kappa shape index (κ1) is 21.1. The third kappa shape index (κ3) is 5.28. The molecular formula is C19H24F3N5O2. The Morgan fingerprint density at radius 1 is 1.34 bits per heavy atom. The lowest BCUT2D eigenvalue weighted by Crippen LogP contribution is -2.54. The molecule has 29 heavy (non-hydrogen) atoms. The number of hydrogen-bond donors (Lipinski definition) is 1. The second kappa shape index (κ2) is 7.35. The summed E-state index contributed by atoms with van der Waals surface area (Å²) < 4.78 is 38.7. The fourth-order valence-corrected chi connectivity index (χ4v) is 3.50. The highest BCUT2D eigenvalue weighted by Gasteiger charge is 2.44. The molecule has 7 nitrogen and oxygen atoms in total. The van der Waals surface area contributed by atoms with Crippen molar-refractivity contribution in [2.24, 2.45) is 5.41 Å². The third-order valence-corrected chi connectivity index (χ3v) is 5.14. The van der Waals surface area contributed by atoms with Gasteiger partial charge in [0.05, 0.1) is 6.07 Å². The predicted octanol–water partition coefficient (Wildman–Crippen LogP) is 2.15. The van der Waals surface area contributed by atoms with Crippen LogP contribution in [0.5, 0.6) is 0 Å². The van der Waals surface area contributed by atoms with Gasteiger partial charge in [0, 0.05) is 32.0 Å². The second-order valence-corrected chi connectivity index (χ2v) is 8.69. The number of hydrogen-bond acceptors (Lipinski definition) is 5. The molecule has 158 valence electrons. The van der Waals surface area contributed by atoms with E-state index >= 15 is 0 Å². The number of aromatic nitrogens is 2. The molecule has 1 amide bonds. The van der Waals surface area contributed by atoms with E-state index in [1.54, 1.807) is 0 Å². The van der Waals surface area contributed by atoms with Crippen LogP contribution in [0.25, 0.3) is 0 Å². The number of aryl methyl sites for hydroxylation is 1. The molecule has 2 fully saturated rings. The smallest absolute Gasteiger partial charge is 0.355 e. The number of nitrogens with one attached hydrogen (secondary N) is 1. The van der Waals surface area contributed by atoms with Gasteiger partial charge in [0.15, 0.2) is 0 Å². The summed E-state index contributed by atoms with van der Waals surface area (Å²) >= 11 is 0. The average molecular weight is 411 g/mol. The Morgan fingerprint density at radius 2 is 2.00 bits per heavy atom. The third-order valence-electron chi connectivity index (χ3n) is 5.14. The summed E-state index contributed by atoms with van der Waals surface area (Å²) in [6, 6.07) is 3.34. The SMILES string of the molecule is CC1(C)CN(c2cc(=O)n(CC(=O)NC3(C#N)CC3)c(CCCC(F)(F)F)n2)C1. The van der Waals surface area contributed by atoms with Crippen LogP contribution in [-0.4, -0.2) is 40.3 Å². The number of anilines is 1. The van der Waals surface area contributed by atoms with Crippen molar-refractivity contribution in [2.75, 3.05) is 18.0 Å². The molecule has 0 spiro atoms. The highest BCUT2D eigenvalue weighted by atomic mass is 19.4. The van der Waals surface area contributed by atoms with Crippen LogP contribution in [0.4, 0.5) is 19.0 Å². The van der Waals surface area contributed by atoms with E-state index in [-0.39, 0.29) is 30.6 Å². The first-order valence-corrected chi connectivity index (χ1v) is 9.57. The van der Waals surface area contributed by atoms with Gasteiger partial charge in [-0.25, -0.2) is 4.98 Å². The zero-order valence-corrected chi connectivity index (χ0v) is 16.5. The molecule has 1 aromatic heterocycles. The molecule has 0 aromatic carbocycles. The summed E-state index contributed by atoms with van der Waals surface area (Å²) in [6.45, 7) is 5.15. The van der Waals surface area contributed by atoms with Crippen molar-refractivity contribution in [3.05, 3.63) is 22.2 Å². The van der Waals surface area contributed by atoms with Crippen LogP contribution in [0.2, 0.25) is 0 Å². The first-order valence-electron chi connectivity index (χ1n) is 9.57. The van der Waals surface area contributed by atoms with Crippen molar-refractivity contribution >= 4 is 11.7 Å². The fraction of sp³-hybridized carbons (Fsp3) is 0.684. The molecule has 1 aromatic rings. The molecule has 1 aliphatic carbocycles. The topological polar surface area (TPSA) is 91.0 Å². The van der Waals surface area contributed by atoms with E-state index in [1.165, 1.54) is 6.07 Å². The zero-order chi connectivity index (χ0) is 21.4. The Labute approximate surface area is 166 Å². The van der Waals surface area contributed by atoms with Crippen molar-refractivity contribution in [1.29, 1.82) is 5.26 Å². The second-order valence-electron chi connectivity index (χ2n) is 8.69. The minimum absolute atomic E-state index is 0.0729. The van der Waals surface area contributed by atoms with Crippen LogP contribution >= 0.6 is 0 Å². The number of alkyl halides is 3. The molecule has 1 aliphatic heterocycles. The number of carbonyl (C=O) groups excluding carboxylic acids is 1. The van der Waals surface area contributed by atoms with Crippen LogP contribution in [0.3, 0.4) is 0 Å². The van der Waals surface area contributed by atoms with Crippen LogP contribution < -0.4 is 15.8 Å². The Kier molecular flexibility index (Phi) is 5.36. The molecule has 3 rings (SSSR count). The van der Waals surface area contributed by atoms with E-state index in [9.17, 15) is 22.8 Å². The Hall–Kier alpha value is -2.57. The molecule has 1 saturated heterocycles. The molecule has 1 N–H and O–H groups in total. The van der Waals surface area contributed by atoms with E-state index in [4.69, 9.17) is 5.26 Å². The summed E-state index contributed by atoms with van der Waals surface area (Å²) in [5.74, 6) is 0.0462. The minimum Gasteiger partial charge on any atom is -0.355 e. The number of rotatable bonds is 7. The first-order chi connectivity index (χ1) is 13.4. The van der Waals surface area contributed by atoms with Crippen molar-refractivity contribution in [2.45, 2.75) is 64.2 Å². The zero-order valence-electron chi connectivity index (χ0n) is 16.5. The Morgan fingerprint density at radius 3 is 2.52 bits per heavy atom. The lowest BCUT2D eigenvalue weighted by Gasteiger charge is -2.46. The standard InChI is InChI=1S/C19H24F3N5O2/c1-17(2)11-26(12-17)14-8-16(29)27(9-15(28)25-18(10-23)6-7-18)13(24-14)4-3-5-19(20,21)22/h8H,3-7,9,11-12H2,1-2H3,(H,25,28). The molecule has 10 heteroatoms. The normalized spacial score (nSPS) is 19.2.